The molecule has 1 fully saturated rings. The Morgan fingerprint density at radius 2 is 1.88 bits per heavy atom. The summed E-state index contributed by atoms with van der Waals surface area (Å²) in [5, 5.41) is 13.9. The number of aryl methyl sites for hydroxylation is 2. The van der Waals surface area contributed by atoms with E-state index < -0.39 is 14.9 Å². The Hall–Kier alpha value is -2.25. The number of rotatable bonds is 8. The lowest BCUT2D eigenvalue weighted by molar-refractivity contribution is -0.384. The Morgan fingerprint density at radius 3 is 2.48 bits per heavy atom. The third kappa shape index (κ3) is 5.30. The van der Waals surface area contributed by atoms with Crippen LogP contribution in [0.4, 0.5) is 10.8 Å². The third-order valence-electron chi connectivity index (χ3n) is 5.31. The van der Waals surface area contributed by atoms with E-state index in [9.17, 15) is 18.5 Å². The number of benzene rings is 1. The van der Waals surface area contributed by atoms with Gasteiger partial charge in [0.15, 0.2) is 9.47 Å². The molecule has 0 radical (unpaired) electrons. The van der Waals surface area contributed by atoms with E-state index in [-0.39, 0.29) is 27.3 Å². The van der Waals surface area contributed by atoms with Crippen molar-refractivity contribution < 1.29 is 18.1 Å². The molecule has 1 saturated heterocycles. The minimum absolute atomic E-state index is 0.109. The Morgan fingerprint density at radius 1 is 1.18 bits per heavy atom. The van der Waals surface area contributed by atoms with E-state index in [2.05, 4.69) is 4.90 Å². The smallest absolute Gasteiger partial charge is 0.300 e. The minimum Gasteiger partial charge on any atom is -0.497 e. The number of sulfonamides is 1. The highest BCUT2D eigenvalue weighted by Gasteiger charge is 2.33. The number of anilines is 1. The molecular weight excluding hydrogens is 508 g/mol. The zero-order valence-corrected chi connectivity index (χ0v) is 20.8. The van der Waals surface area contributed by atoms with Crippen LogP contribution in [0.3, 0.4) is 0 Å². The van der Waals surface area contributed by atoms with Crippen molar-refractivity contribution >= 4 is 55.1 Å². The average Bonchev–Trinajstić information content (AvgIpc) is 3.45. The van der Waals surface area contributed by atoms with Gasteiger partial charge in [0, 0.05) is 37.6 Å². The van der Waals surface area contributed by atoms with Crippen LogP contribution in [-0.4, -0.2) is 55.9 Å². The van der Waals surface area contributed by atoms with Gasteiger partial charge in [-0.1, -0.05) is 23.7 Å². The fraction of sp³-hybridized carbons (Fsp3) is 0.350. The first kappa shape index (κ1) is 23.9. The first-order chi connectivity index (χ1) is 15.8. The second-order valence-corrected chi connectivity index (χ2v) is 12.0. The molecule has 0 bridgehead atoms. The molecule has 33 heavy (non-hydrogen) atoms. The summed E-state index contributed by atoms with van der Waals surface area (Å²) in [6, 6.07) is 9.00. The van der Waals surface area contributed by atoms with Crippen molar-refractivity contribution in [2.45, 2.75) is 17.1 Å². The van der Waals surface area contributed by atoms with Crippen LogP contribution in [0.5, 0.6) is 5.75 Å². The molecule has 1 aliphatic heterocycles. The largest absolute Gasteiger partial charge is 0.497 e. The van der Waals surface area contributed by atoms with Crippen LogP contribution in [0, 0.1) is 10.1 Å². The standard InChI is InChI=1S/C20H21ClN4O5S3/c1-30-16-6-3-14(4-7-16)2-5-15-13-31-20(22-15)23-8-10-24(11-9-23)33(28,29)18-12-17(25(26)27)19(21)32-18/h3-4,6-7,12-13H,2,5,8-11H2,1H3. The highest BCUT2D eigenvalue weighted by Crippen LogP contribution is 2.37. The van der Waals surface area contributed by atoms with Crippen LogP contribution in [0.2, 0.25) is 4.34 Å². The summed E-state index contributed by atoms with van der Waals surface area (Å²) in [4.78, 5) is 17.1. The average molecular weight is 529 g/mol. The Bertz CT molecular complexity index is 1230. The Balaban J connectivity index is 1.34. The maximum atomic E-state index is 12.9. The molecule has 0 amide bonds. The first-order valence-corrected chi connectivity index (χ1v) is 13.6. The molecule has 0 atom stereocenters. The van der Waals surface area contributed by atoms with Crippen molar-refractivity contribution in [2.75, 3.05) is 38.2 Å². The number of nitro groups is 1. The monoisotopic (exact) mass is 528 g/mol. The van der Waals surface area contributed by atoms with Gasteiger partial charge in [-0.2, -0.15) is 4.31 Å². The maximum absolute atomic E-state index is 12.9. The Kier molecular flexibility index (Phi) is 7.19. The van der Waals surface area contributed by atoms with Crippen molar-refractivity contribution in [1.82, 2.24) is 9.29 Å². The quantitative estimate of drug-likeness (QED) is 0.320. The summed E-state index contributed by atoms with van der Waals surface area (Å²) in [6.07, 6.45) is 1.68. The van der Waals surface area contributed by atoms with Crippen molar-refractivity contribution in [3.05, 3.63) is 61.4 Å². The molecule has 0 N–H and O–H groups in total. The third-order valence-corrected chi connectivity index (χ3v) is 9.95. The van der Waals surface area contributed by atoms with Gasteiger partial charge in [0.25, 0.3) is 15.7 Å². The molecule has 3 heterocycles. The number of halogens is 1. The molecule has 3 aromatic rings. The number of thiazole rings is 1. The molecule has 1 aliphatic rings. The second kappa shape index (κ2) is 9.94. The summed E-state index contributed by atoms with van der Waals surface area (Å²) in [6.45, 7) is 1.52. The van der Waals surface area contributed by atoms with Gasteiger partial charge in [-0.25, -0.2) is 13.4 Å². The first-order valence-electron chi connectivity index (χ1n) is 10.0. The van der Waals surface area contributed by atoms with Crippen LogP contribution >= 0.6 is 34.3 Å². The van der Waals surface area contributed by atoms with Gasteiger partial charge in [-0.15, -0.1) is 22.7 Å². The molecule has 0 spiro atoms. The number of thiophene rings is 1. The normalized spacial score (nSPS) is 15.0. The van der Waals surface area contributed by atoms with Gasteiger partial charge < -0.3 is 9.64 Å². The molecule has 0 saturated carbocycles. The molecule has 2 aromatic heterocycles. The molecular formula is C20H21ClN4O5S3. The van der Waals surface area contributed by atoms with Crippen molar-refractivity contribution in [3.63, 3.8) is 0 Å². The Labute approximate surface area is 204 Å². The molecule has 0 aliphatic carbocycles. The lowest BCUT2D eigenvalue weighted by Crippen LogP contribution is -2.48. The van der Waals surface area contributed by atoms with Crippen LogP contribution in [0.15, 0.2) is 39.9 Å². The van der Waals surface area contributed by atoms with Gasteiger partial charge in [-0.3, -0.25) is 10.1 Å². The topological polar surface area (TPSA) is 106 Å². The fourth-order valence-corrected chi connectivity index (χ4v) is 7.61. The lowest BCUT2D eigenvalue weighted by Gasteiger charge is -2.33. The van der Waals surface area contributed by atoms with Gasteiger partial charge in [0.05, 0.1) is 17.7 Å². The number of hydrogen-bond acceptors (Lipinski definition) is 9. The number of nitrogens with zero attached hydrogens (tertiary/aromatic N) is 4. The molecule has 176 valence electrons. The van der Waals surface area contributed by atoms with Crippen LogP contribution < -0.4 is 9.64 Å². The summed E-state index contributed by atoms with van der Waals surface area (Å²) in [5.41, 5.74) is 1.82. The highest BCUT2D eigenvalue weighted by atomic mass is 35.5. The SMILES string of the molecule is COc1ccc(CCc2csc(N3CCN(S(=O)(=O)c4cc([N+](=O)[O-])c(Cl)s4)CC3)n2)cc1. The van der Waals surface area contributed by atoms with E-state index in [1.54, 1.807) is 18.4 Å². The van der Waals surface area contributed by atoms with E-state index in [0.717, 1.165) is 35.5 Å². The summed E-state index contributed by atoms with van der Waals surface area (Å²) in [5.74, 6) is 0.830. The van der Waals surface area contributed by atoms with Gasteiger partial charge in [0.1, 0.15) is 9.96 Å². The van der Waals surface area contributed by atoms with Gasteiger partial charge >= 0.3 is 0 Å². The highest BCUT2D eigenvalue weighted by molar-refractivity contribution is 7.91. The van der Waals surface area contributed by atoms with Gasteiger partial charge in [-0.05, 0) is 30.5 Å². The lowest BCUT2D eigenvalue weighted by atomic mass is 10.1. The maximum Gasteiger partial charge on any atom is 0.300 e. The molecule has 13 heteroatoms. The number of methoxy groups -OCH3 is 1. The van der Waals surface area contributed by atoms with E-state index in [1.165, 1.54) is 9.87 Å². The van der Waals surface area contributed by atoms with Crippen LogP contribution in [-0.2, 0) is 22.9 Å². The van der Waals surface area contributed by atoms with E-state index in [0.29, 0.717) is 24.4 Å². The van der Waals surface area contributed by atoms with Crippen LogP contribution in [0.25, 0.3) is 0 Å². The predicted octanol–water partition coefficient (Wildman–Crippen LogP) is 4.07. The number of ether oxygens (including phenoxy) is 1. The van der Waals surface area contributed by atoms with Crippen molar-refractivity contribution in [3.8, 4) is 5.75 Å². The van der Waals surface area contributed by atoms with Crippen LogP contribution in [0.1, 0.15) is 11.3 Å². The van der Waals surface area contributed by atoms with E-state index in [1.807, 2.05) is 29.6 Å². The van der Waals surface area contributed by atoms with E-state index in [4.69, 9.17) is 21.3 Å². The summed E-state index contributed by atoms with van der Waals surface area (Å²) in [7, 11) is -2.19. The second-order valence-electron chi connectivity index (χ2n) is 7.34. The summed E-state index contributed by atoms with van der Waals surface area (Å²) >= 11 is 8.10. The van der Waals surface area contributed by atoms with Crippen molar-refractivity contribution in [2.24, 2.45) is 0 Å². The number of aromatic nitrogens is 1. The van der Waals surface area contributed by atoms with Gasteiger partial charge in [0.2, 0.25) is 0 Å². The van der Waals surface area contributed by atoms with Crippen molar-refractivity contribution in [1.29, 1.82) is 0 Å². The minimum atomic E-state index is -3.83. The number of hydrogen-bond donors (Lipinski definition) is 0. The predicted molar refractivity (Wildman–Crippen MR) is 129 cm³/mol. The fourth-order valence-electron chi connectivity index (χ4n) is 3.46. The summed E-state index contributed by atoms with van der Waals surface area (Å²) < 4.78 is 32.1. The molecule has 1 aromatic carbocycles. The molecule has 4 rings (SSSR count). The zero-order chi connectivity index (χ0) is 23.6. The number of piperazine rings is 1. The zero-order valence-electron chi connectivity index (χ0n) is 17.6. The molecule has 9 nitrogen and oxygen atoms in total. The van der Waals surface area contributed by atoms with E-state index >= 15 is 0 Å². The molecule has 0 unspecified atom stereocenters.